The van der Waals surface area contributed by atoms with Crippen LogP contribution < -0.4 is 4.90 Å². The zero-order chi connectivity index (χ0) is 14.2. The molecule has 5 heteroatoms. The summed E-state index contributed by atoms with van der Waals surface area (Å²) in [5.74, 6) is 0.689. The number of ether oxygens (including phenoxy) is 1. The summed E-state index contributed by atoms with van der Waals surface area (Å²) in [5.41, 5.74) is 3.64. The molecule has 106 valence electrons. The van der Waals surface area contributed by atoms with Crippen molar-refractivity contribution in [3.8, 4) is 0 Å². The number of pyridine rings is 1. The van der Waals surface area contributed by atoms with Crippen molar-refractivity contribution in [2.45, 2.75) is 0 Å². The van der Waals surface area contributed by atoms with Crippen LogP contribution in [-0.2, 0) is 4.74 Å². The number of anilines is 1. The number of hydrogen-bond donors (Lipinski definition) is 0. The molecule has 2 aliphatic heterocycles. The zero-order valence-corrected chi connectivity index (χ0v) is 11.4. The first kappa shape index (κ1) is 12.5. The van der Waals surface area contributed by atoms with Crippen molar-refractivity contribution in [3.63, 3.8) is 0 Å². The first-order chi connectivity index (χ1) is 10.3. The van der Waals surface area contributed by atoms with Gasteiger partial charge in [0.05, 0.1) is 24.6 Å². The van der Waals surface area contributed by atoms with Gasteiger partial charge in [-0.2, -0.15) is 0 Å². The van der Waals surface area contributed by atoms with E-state index in [4.69, 9.17) is 4.74 Å². The number of fused-ring (bicyclic) bond motifs is 1. The molecule has 4 nitrogen and oxygen atoms in total. The average Bonchev–Trinajstić information content (AvgIpc) is 2.51. The van der Waals surface area contributed by atoms with Crippen LogP contribution in [0.4, 0.5) is 15.9 Å². The van der Waals surface area contributed by atoms with Crippen LogP contribution in [0.2, 0.25) is 0 Å². The van der Waals surface area contributed by atoms with Crippen LogP contribution in [-0.4, -0.2) is 37.0 Å². The van der Waals surface area contributed by atoms with E-state index in [0.717, 1.165) is 54.6 Å². The van der Waals surface area contributed by atoms with E-state index >= 15 is 0 Å². The maximum atomic E-state index is 13.1. The molecule has 0 N–H and O–H groups in total. The van der Waals surface area contributed by atoms with Gasteiger partial charge in [-0.15, -0.1) is 0 Å². The lowest BCUT2D eigenvalue weighted by Gasteiger charge is -2.28. The van der Waals surface area contributed by atoms with Gasteiger partial charge in [-0.3, -0.25) is 0 Å². The third-order valence-corrected chi connectivity index (χ3v) is 3.80. The molecule has 2 aliphatic rings. The summed E-state index contributed by atoms with van der Waals surface area (Å²) in [7, 11) is 0. The maximum absolute atomic E-state index is 13.1. The molecule has 1 fully saturated rings. The van der Waals surface area contributed by atoms with E-state index in [0.29, 0.717) is 0 Å². The molecule has 0 unspecified atom stereocenters. The Morgan fingerprint density at radius 1 is 1.10 bits per heavy atom. The fraction of sp³-hybridized carbons (Fsp3) is 0.250. The SMILES string of the molecule is Fc1ccc2c(c1)N=C2c1ccnc(N2CCOCC2)c1. The number of rotatable bonds is 2. The Bertz CT molecular complexity index is 723. The van der Waals surface area contributed by atoms with E-state index in [2.05, 4.69) is 14.9 Å². The van der Waals surface area contributed by atoms with Crippen molar-refractivity contribution in [2.24, 2.45) is 4.99 Å². The third kappa shape index (κ3) is 2.19. The van der Waals surface area contributed by atoms with Gasteiger partial charge in [-0.1, -0.05) is 0 Å². The summed E-state index contributed by atoms with van der Waals surface area (Å²) in [4.78, 5) is 11.0. The largest absolute Gasteiger partial charge is 0.378 e. The minimum absolute atomic E-state index is 0.250. The quantitative estimate of drug-likeness (QED) is 0.725. The highest BCUT2D eigenvalue weighted by molar-refractivity contribution is 6.22. The summed E-state index contributed by atoms with van der Waals surface area (Å²) >= 11 is 0. The molecule has 4 rings (SSSR count). The molecule has 1 aromatic carbocycles. The summed E-state index contributed by atoms with van der Waals surface area (Å²) in [6.45, 7) is 3.17. The van der Waals surface area contributed by atoms with Crippen LogP contribution in [0, 0.1) is 5.82 Å². The Balaban J connectivity index is 1.64. The van der Waals surface area contributed by atoms with Crippen molar-refractivity contribution in [1.82, 2.24) is 4.98 Å². The molecule has 2 aromatic rings. The zero-order valence-electron chi connectivity index (χ0n) is 11.4. The number of hydrogen-bond acceptors (Lipinski definition) is 4. The highest BCUT2D eigenvalue weighted by Crippen LogP contribution is 2.33. The highest BCUT2D eigenvalue weighted by Gasteiger charge is 2.22. The van der Waals surface area contributed by atoms with Crippen LogP contribution >= 0.6 is 0 Å². The smallest absolute Gasteiger partial charge is 0.129 e. The van der Waals surface area contributed by atoms with Gasteiger partial charge in [-0.05, 0) is 24.3 Å². The lowest BCUT2D eigenvalue weighted by atomic mass is 9.96. The van der Waals surface area contributed by atoms with E-state index < -0.39 is 0 Å². The molecular formula is C16H14FN3O. The molecule has 0 spiro atoms. The molecule has 0 aliphatic carbocycles. The Kier molecular flexibility index (Phi) is 2.93. The summed E-state index contributed by atoms with van der Waals surface area (Å²) < 4.78 is 18.5. The van der Waals surface area contributed by atoms with Crippen LogP contribution in [0.5, 0.6) is 0 Å². The van der Waals surface area contributed by atoms with Crippen molar-refractivity contribution in [2.75, 3.05) is 31.2 Å². The first-order valence-electron chi connectivity index (χ1n) is 6.99. The Hall–Kier alpha value is -2.27. The van der Waals surface area contributed by atoms with Crippen molar-refractivity contribution in [1.29, 1.82) is 0 Å². The van der Waals surface area contributed by atoms with Gasteiger partial charge < -0.3 is 9.64 Å². The number of benzene rings is 1. The average molecular weight is 283 g/mol. The predicted molar refractivity (Wildman–Crippen MR) is 79.0 cm³/mol. The number of nitrogens with zero attached hydrogens (tertiary/aromatic N) is 3. The Morgan fingerprint density at radius 3 is 2.76 bits per heavy atom. The normalized spacial score (nSPS) is 17.0. The lowest BCUT2D eigenvalue weighted by Crippen LogP contribution is -2.36. The summed E-state index contributed by atoms with van der Waals surface area (Å²) in [5, 5.41) is 0. The number of morpholine rings is 1. The van der Waals surface area contributed by atoms with Crippen molar-refractivity contribution in [3.05, 3.63) is 53.5 Å². The van der Waals surface area contributed by atoms with Gasteiger partial charge in [-0.25, -0.2) is 14.4 Å². The molecule has 1 saturated heterocycles. The number of aromatic nitrogens is 1. The Labute approximate surface area is 121 Å². The fourth-order valence-corrected chi connectivity index (χ4v) is 2.68. The topological polar surface area (TPSA) is 37.7 Å². The minimum Gasteiger partial charge on any atom is -0.378 e. The maximum Gasteiger partial charge on any atom is 0.129 e. The molecule has 0 bridgehead atoms. The van der Waals surface area contributed by atoms with Crippen LogP contribution in [0.1, 0.15) is 11.1 Å². The highest BCUT2D eigenvalue weighted by atomic mass is 19.1. The molecular weight excluding hydrogens is 269 g/mol. The lowest BCUT2D eigenvalue weighted by molar-refractivity contribution is 0.122. The van der Waals surface area contributed by atoms with Crippen LogP contribution in [0.25, 0.3) is 0 Å². The molecule has 21 heavy (non-hydrogen) atoms. The van der Waals surface area contributed by atoms with Crippen LogP contribution in [0.15, 0.2) is 41.5 Å². The monoisotopic (exact) mass is 283 g/mol. The molecule has 3 heterocycles. The van der Waals surface area contributed by atoms with E-state index in [-0.39, 0.29) is 5.82 Å². The fourth-order valence-electron chi connectivity index (χ4n) is 2.68. The standard InChI is InChI=1S/C16H14FN3O/c17-12-1-2-13-14(10-12)19-16(13)11-3-4-18-15(9-11)20-5-7-21-8-6-20/h1-4,9-10H,5-8H2. The molecule has 0 atom stereocenters. The van der Waals surface area contributed by atoms with Crippen molar-refractivity contribution < 1.29 is 9.13 Å². The van der Waals surface area contributed by atoms with Gasteiger partial charge in [0.25, 0.3) is 0 Å². The second kappa shape index (κ2) is 4.93. The second-order valence-corrected chi connectivity index (χ2v) is 5.12. The molecule has 0 amide bonds. The predicted octanol–water partition coefficient (Wildman–Crippen LogP) is 2.54. The number of aliphatic imine (C=N–C) groups is 1. The van der Waals surface area contributed by atoms with E-state index in [1.165, 1.54) is 12.1 Å². The van der Waals surface area contributed by atoms with E-state index in [1.54, 1.807) is 12.3 Å². The van der Waals surface area contributed by atoms with E-state index in [9.17, 15) is 4.39 Å². The van der Waals surface area contributed by atoms with Crippen molar-refractivity contribution >= 4 is 17.2 Å². The van der Waals surface area contributed by atoms with Gasteiger partial charge in [0.2, 0.25) is 0 Å². The molecule has 0 saturated carbocycles. The molecule has 1 aromatic heterocycles. The van der Waals surface area contributed by atoms with Gasteiger partial charge in [0.1, 0.15) is 11.6 Å². The van der Waals surface area contributed by atoms with Gasteiger partial charge >= 0.3 is 0 Å². The second-order valence-electron chi connectivity index (χ2n) is 5.12. The van der Waals surface area contributed by atoms with E-state index in [1.807, 2.05) is 12.1 Å². The number of halogens is 1. The third-order valence-electron chi connectivity index (χ3n) is 3.80. The first-order valence-corrected chi connectivity index (χ1v) is 6.99. The van der Waals surface area contributed by atoms with Gasteiger partial charge in [0.15, 0.2) is 0 Å². The Morgan fingerprint density at radius 2 is 1.95 bits per heavy atom. The van der Waals surface area contributed by atoms with Crippen LogP contribution in [0.3, 0.4) is 0 Å². The molecule has 0 radical (unpaired) electrons. The minimum atomic E-state index is -0.250. The summed E-state index contributed by atoms with van der Waals surface area (Å²) in [6.07, 6.45) is 1.80. The summed E-state index contributed by atoms with van der Waals surface area (Å²) in [6, 6.07) is 8.69. The van der Waals surface area contributed by atoms with Gasteiger partial charge in [0, 0.05) is 36.5 Å².